The molecule has 148 valence electrons. The molecule has 0 radical (unpaired) electrons. The lowest BCUT2D eigenvalue weighted by Crippen LogP contribution is -2.30. The summed E-state index contributed by atoms with van der Waals surface area (Å²) < 4.78 is 11.2. The highest BCUT2D eigenvalue weighted by Gasteiger charge is 2.33. The fourth-order valence-corrected chi connectivity index (χ4v) is 3.76. The first kappa shape index (κ1) is 18.7. The van der Waals surface area contributed by atoms with Crippen LogP contribution in [0.15, 0.2) is 33.2 Å². The number of rotatable bonds is 6. The maximum Gasteiger partial charge on any atom is 0.254 e. The van der Waals surface area contributed by atoms with E-state index in [1.807, 2.05) is 29.2 Å². The number of hydrogen-bond acceptors (Lipinski definition) is 5. The SMILES string of the molecule is CCCCc1nc2cc(C(=O)N3CCCC3c3cc(C(C)C)on3)ccc2o1. The van der Waals surface area contributed by atoms with Gasteiger partial charge in [0.2, 0.25) is 0 Å². The number of unbranched alkanes of at least 4 members (excludes halogenated alkanes) is 1. The Balaban J connectivity index is 1.56. The molecule has 1 saturated heterocycles. The van der Waals surface area contributed by atoms with Gasteiger partial charge in [-0.15, -0.1) is 0 Å². The van der Waals surface area contributed by atoms with Crippen molar-refractivity contribution in [2.75, 3.05) is 6.54 Å². The topological polar surface area (TPSA) is 72.4 Å². The third-order valence-corrected chi connectivity index (χ3v) is 5.39. The van der Waals surface area contributed by atoms with Gasteiger partial charge in [-0.25, -0.2) is 4.98 Å². The normalized spacial score (nSPS) is 17.1. The molecular formula is C22H27N3O3. The van der Waals surface area contributed by atoms with E-state index in [0.717, 1.165) is 67.1 Å². The van der Waals surface area contributed by atoms with Crippen molar-refractivity contribution >= 4 is 17.0 Å². The van der Waals surface area contributed by atoms with Gasteiger partial charge in [-0.3, -0.25) is 4.79 Å². The Hall–Kier alpha value is -2.63. The fraction of sp³-hybridized carbons (Fsp3) is 0.500. The van der Waals surface area contributed by atoms with Gasteiger partial charge in [0.05, 0.1) is 6.04 Å². The molecule has 1 aliphatic heterocycles. The molecule has 0 saturated carbocycles. The number of oxazole rings is 1. The standard InChI is InChI=1S/C22H27N3O3/c1-4-5-8-21-23-17-12-15(9-10-19(17)27-21)22(26)25-11-6-7-18(25)16-13-20(14(2)3)28-24-16/h9-10,12-14,18H,4-8,11H2,1-3H3. The molecule has 0 bridgehead atoms. The zero-order valence-electron chi connectivity index (χ0n) is 16.8. The van der Waals surface area contributed by atoms with Crippen molar-refractivity contribution in [3.8, 4) is 0 Å². The zero-order valence-corrected chi connectivity index (χ0v) is 16.8. The third-order valence-electron chi connectivity index (χ3n) is 5.39. The first-order valence-corrected chi connectivity index (χ1v) is 10.2. The van der Waals surface area contributed by atoms with Crippen LogP contribution in [-0.4, -0.2) is 27.5 Å². The van der Waals surface area contributed by atoms with Gasteiger partial charge < -0.3 is 13.8 Å². The highest BCUT2D eigenvalue weighted by molar-refractivity contribution is 5.97. The molecule has 0 spiro atoms. The summed E-state index contributed by atoms with van der Waals surface area (Å²) >= 11 is 0. The van der Waals surface area contributed by atoms with Crippen molar-refractivity contribution in [1.82, 2.24) is 15.0 Å². The Morgan fingerprint density at radius 3 is 2.93 bits per heavy atom. The lowest BCUT2D eigenvalue weighted by molar-refractivity contribution is 0.0731. The second kappa shape index (κ2) is 7.78. The molecule has 1 aliphatic rings. The molecule has 0 N–H and O–H groups in total. The van der Waals surface area contributed by atoms with Crippen molar-refractivity contribution in [3.05, 3.63) is 47.2 Å². The fourth-order valence-electron chi connectivity index (χ4n) is 3.76. The number of carbonyl (C=O) groups is 1. The predicted molar refractivity (Wildman–Crippen MR) is 106 cm³/mol. The Kier molecular flexibility index (Phi) is 5.20. The Morgan fingerprint density at radius 2 is 2.18 bits per heavy atom. The number of likely N-dealkylation sites (tertiary alicyclic amines) is 1. The predicted octanol–water partition coefficient (Wildman–Crippen LogP) is 5.26. The molecule has 3 aromatic rings. The van der Waals surface area contributed by atoms with E-state index in [-0.39, 0.29) is 17.9 Å². The summed E-state index contributed by atoms with van der Waals surface area (Å²) in [6.07, 6.45) is 4.84. The molecule has 1 atom stereocenters. The first-order chi connectivity index (χ1) is 13.6. The molecule has 0 aliphatic carbocycles. The van der Waals surface area contributed by atoms with Gasteiger partial charge in [0.25, 0.3) is 5.91 Å². The Labute approximate surface area is 164 Å². The molecule has 2 aromatic heterocycles. The summed E-state index contributed by atoms with van der Waals surface area (Å²) in [5.41, 5.74) is 2.97. The van der Waals surface area contributed by atoms with Crippen LogP contribution in [0.1, 0.15) is 86.1 Å². The van der Waals surface area contributed by atoms with Crippen LogP contribution in [0.25, 0.3) is 11.1 Å². The van der Waals surface area contributed by atoms with Gasteiger partial charge in [-0.1, -0.05) is 32.3 Å². The van der Waals surface area contributed by atoms with Crippen LogP contribution in [0.5, 0.6) is 0 Å². The molecule has 1 fully saturated rings. The lowest BCUT2D eigenvalue weighted by Gasteiger charge is -2.23. The van der Waals surface area contributed by atoms with E-state index in [0.29, 0.717) is 5.56 Å². The summed E-state index contributed by atoms with van der Waals surface area (Å²) in [6.45, 7) is 7.02. The van der Waals surface area contributed by atoms with E-state index in [1.165, 1.54) is 0 Å². The van der Waals surface area contributed by atoms with E-state index < -0.39 is 0 Å². The van der Waals surface area contributed by atoms with Crippen LogP contribution in [0, 0.1) is 0 Å². The molecule has 6 nitrogen and oxygen atoms in total. The minimum absolute atomic E-state index is 0.0107. The molecule has 1 amide bonds. The molecule has 3 heterocycles. The number of aromatic nitrogens is 2. The van der Waals surface area contributed by atoms with Gasteiger partial charge in [0, 0.05) is 30.5 Å². The average Bonchev–Trinajstić information content (AvgIpc) is 3.43. The second-order valence-electron chi connectivity index (χ2n) is 7.86. The second-order valence-corrected chi connectivity index (χ2v) is 7.86. The number of carbonyl (C=O) groups excluding carboxylic acids is 1. The number of fused-ring (bicyclic) bond motifs is 1. The van der Waals surface area contributed by atoms with Crippen LogP contribution >= 0.6 is 0 Å². The molecule has 1 unspecified atom stereocenters. The van der Waals surface area contributed by atoms with Gasteiger partial charge in [-0.05, 0) is 37.5 Å². The van der Waals surface area contributed by atoms with Crippen molar-refractivity contribution in [2.24, 2.45) is 0 Å². The summed E-state index contributed by atoms with van der Waals surface area (Å²) in [4.78, 5) is 19.7. The van der Waals surface area contributed by atoms with Crippen LogP contribution in [0.2, 0.25) is 0 Å². The summed E-state index contributed by atoms with van der Waals surface area (Å²) in [6, 6.07) is 7.48. The summed E-state index contributed by atoms with van der Waals surface area (Å²) in [5.74, 6) is 1.89. The van der Waals surface area contributed by atoms with Crippen molar-refractivity contribution < 1.29 is 13.7 Å². The summed E-state index contributed by atoms with van der Waals surface area (Å²) in [7, 11) is 0. The monoisotopic (exact) mass is 381 g/mol. The summed E-state index contributed by atoms with van der Waals surface area (Å²) in [5, 5.41) is 4.23. The molecule has 1 aromatic carbocycles. The third kappa shape index (κ3) is 3.55. The minimum Gasteiger partial charge on any atom is -0.441 e. The van der Waals surface area contributed by atoms with Gasteiger partial charge >= 0.3 is 0 Å². The van der Waals surface area contributed by atoms with E-state index in [4.69, 9.17) is 8.94 Å². The minimum atomic E-state index is -0.0307. The Morgan fingerprint density at radius 1 is 1.32 bits per heavy atom. The number of hydrogen-bond donors (Lipinski definition) is 0. The van der Waals surface area contributed by atoms with Gasteiger partial charge in [0.1, 0.15) is 17.0 Å². The smallest absolute Gasteiger partial charge is 0.254 e. The quantitative estimate of drug-likeness (QED) is 0.582. The van der Waals surface area contributed by atoms with Crippen molar-refractivity contribution in [1.29, 1.82) is 0 Å². The van der Waals surface area contributed by atoms with Crippen molar-refractivity contribution in [2.45, 2.75) is 64.8 Å². The van der Waals surface area contributed by atoms with Crippen LogP contribution in [-0.2, 0) is 6.42 Å². The van der Waals surface area contributed by atoms with E-state index in [9.17, 15) is 4.79 Å². The molecule has 4 rings (SSSR count). The largest absolute Gasteiger partial charge is 0.441 e. The highest BCUT2D eigenvalue weighted by atomic mass is 16.5. The Bertz CT molecular complexity index is 972. The average molecular weight is 381 g/mol. The van der Waals surface area contributed by atoms with Gasteiger partial charge in [0.15, 0.2) is 11.5 Å². The van der Waals surface area contributed by atoms with E-state index in [1.54, 1.807) is 0 Å². The maximum atomic E-state index is 13.2. The first-order valence-electron chi connectivity index (χ1n) is 10.2. The van der Waals surface area contributed by atoms with E-state index in [2.05, 4.69) is 30.9 Å². The maximum absolute atomic E-state index is 13.2. The molecule has 6 heteroatoms. The molecular weight excluding hydrogens is 354 g/mol. The van der Waals surface area contributed by atoms with Crippen LogP contribution in [0.4, 0.5) is 0 Å². The number of amides is 1. The van der Waals surface area contributed by atoms with Crippen molar-refractivity contribution in [3.63, 3.8) is 0 Å². The van der Waals surface area contributed by atoms with E-state index >= 15 is 0 Å². The van der Waals surface area contributed by atoms with Gasteiger partial charge in [-0.2, -0.15) is 0 Å². The number of aryl methyl sites for hydroxylation is 1. The zero-order chi connectivity index (χ0) is 19.7. The molecule has 28 heavy (non-hydrogen) atoms. The number of nitrogens with zero attached hydrogens (tertiary/aromatic N) is 3. The highest BCUT2D eigenvalue weighted by Crippen LogP contribution is 2.34. The lowest BCUT2D eigenvalue weighted by atomic mass is 10.1. The number of benzene rings is 1. The van der Waals surface area contributed by atoms with Crippen LogP contribution < -0.4 is 0 Å². The van der Waals surface area contributed by atoms with Crippen LogP contribution in [0.3, 0.4) is 0 Å².